The number of hydrogen-bond donors (Lipinski definition) is 0. The second-order valence-corrected chi connectivity index (χ2v) is 12.4. The van der Waals surface area contributed by atoms with E-state index in [1.165, 1.54) is 32.6 Å². The zero-order valence-corrected chi connectivity index (χ0v) is 27.0. The molecule has 0 bridgehead atoms. The van der Waals surface area contributed by atoms with E-state index >= 15 is 0 Å². The van der Waals surface area contributed by atoms with E-state index in [1.54, 1.807) is 0 Å². The van der Waals surface area contributed by atoms with Crippen molar-refractivity contribution in [3.05, 3.63) is 176 Å². The van der Waals surface area contributed by atoms with Crippen molar-refractivity contribution >= 4 is 43.6 Å². The van der Waals surface area contributed by atoms with Crippen LogP contribution in [0.3, 0.4) is 0 Å². The Bertz CT molecular complexity index is 2760. The van der Waals surface area contributed by atoms with Gasteiger partial charge in [-0.1, -0.05) is 133 Å². The molecule has 0 aliphatic heterocycles. The molecule has 10 aromatic rings. The number of aromatic nitrogens is 5. The van der Waals surface area contributed by atoms with E-state index in [4.69, 9.17) is 15.0 Å². The Kier molecular flexibility index (Phi) is 6.42. The van der Waals surface area contributed by atoms with Crippen molar-refractivity contribution in [2.45, 2.75) is 0 Å². The van der Waals surface area contributed by atoms with Gasteiger partial charge in [-0.25, -0.2) is 15.0 Å². The lowest BCUT2D eigenvalue weighted by Gasteiger charge is -2.15. The summed E-state index contributed by atoms with van der Waals surface area (Å²) in [5.41, 5.74) is 9.55. The van der Waals surface area contributed by atoms with Gasteiger partial charge in [0.25, 0.3) is 0 Å². The molecule has 0 amide bonds. The third-order valence-corrected chi connectivity index (χ3v) is 9.58. The summed E-state index contributed by atoms with van der Waals surface area (Å²) in [5, 5.41) is 4.86. The lowest BCUT2D eigenvalue weighted by molar-refractivity contribution is 1.06. The Morgan fingerprint density at radius 3 is 1.34 bits per heavy atom. The number of benzene rings is 7. The summed E-state index contributed by atoms with van der Waals surface area (Å²) in [6.07, 6.45) is 0. The van der Waals surface area contributed by atoms with Gasteiger partial charge in [-0.05, 0) is 42.5 Å². The van der Waals surface area contributed by atoms with Crippen LogP contribution in [0.15, 0.2) is 176 Å². The van der Waals surface area contributed by atoms with Crippen molar-refractivity contribution in [1.29, 1.82) is 0 Å². The van der Waals surface area contributed by atoms with Gasteiger partial charge in [-0.3, -0.25) is 0 Å². The SMILES string of the molecule is c1ccc(-c2nc(-c3ccccc3)nc(-c3ccccc3-n3c4ccccc4c4c(-n5c6ccccc6c6ccccc65)cccc43)n2)cc1. The maximum absolute atomic E-state index is 5.12. The van der Waals surface area contributed by atoms with Gasteiger partial charge in [0.2, 0.25) is 0 Å². The number of nitrogens with zero attached hydrogens (tertiary/aromatic N) is 5. The Hall–Kier alpha value is -6.85. The van der Waals surface area contributed by atoms with Gasteiger partial charge in [0.15, 0.2) is 17.5 Å². The van der Waals surface area contributed by atoms with Crippen LogP contribution in [-0.2, 0) is 0 Å². The molecule has 0 radical (unpaired) electrons. The summed E-state index contributed by atoms with van der Waals surface area (Å²) >= 11 is 0. The van der Waals surface area contributed by atoms with E-state index in [1.807, 2.05) is 60.7 Å². The molecule has 10 rings (SSSR count). The Balaban J connectivity index is 1.26. The molecule has 5 nitrogen and oxygen atoms in total. The molecule has 0 aliphatic rings. The van der Waals surface area contributed by atoms with Crippen LogP contribution in [-0.4, -0.2) is 24.1 Å². The Labute approximate surface area is 288 Å². The largest absolute Gasteiger partial charge is 0.309 e. The molecule has 3 heterocycles. The monoisotopic (exact) mass is 639 g/mol. The summed E-state index contributed by atoms with van der Waals surface area (Å²) in [6.45, 7) is 0. The van der Waals surface area contributed by atoms with Crippen molar-refractivity contribution in [2.75, 3.05) is 0 Å². The van der Waals surface area contributed by atoms with Crippen molar-refractivity contribution < 1.29 is 0 Å². The van der Waals surface area contributed by atoms with Crippen LogP contribution in [0.1, 0.15) is 0 Å². The molecule has 0 N–H and O–H groups in total. The lowest BCUT2D eigenvalue weighted by atomic mass is 10.1. The second kappa shape index (κ2) is 11.4. The van der Waals surface area contributed by atoms with Crippen LogP contribution in [0.25, 0.3) is 89.2 Å². The minimum atomic E-state index is 0.623. The molecule has 0 fully saturated rings. The molecular formula is C45H29N5. The summed E-state index contributed by atoms with van der Waals surface area (Å²) in [6, 6.07) is 61.4. The highest BCUT2D eigenvalue weighted by Gasteiger charge is 2.22. The first kappa shape index (κ1) is 28.2. The number of para-hydroxylation sites is 4. The fraction of sp³-hybridized carbons (Fsp3) is 0. The standard InChI is InChI=1S/C45H29N5/c1-3-16-30(17-4-1)43-46-44(31-18-5-2-6-19-31)48-45(47-43)35-23-10-14-27-39(35)50-38-26-13-9-22-34(38)42-40(28-15-29-41(42)50)49-36-24-11-7-20-32(36)33-21-8-12-25-37(33)49/h1-29H. The topological polar surface area (TPSA) is 48.5 Å². The highest BCUT2D eigenvalue weighted by atomic mass is 15.1. The van der Waals surface area contributed by atoms with Crippen molar-refractivity contribution in [1.82, 2.24) is 24.1 Å². The molecule has 0 unspecified atom stereocenters. The van der Waals surface area contributed by atoms with Crippen LogP contribution in [0.2, 0.25) is 0 Å². The quantitative estimate of drug-likeness (QED) is 0.188. The van der Waals surface area contributed by atoms with Gasteiger partial charge < -0.3 is 9.13 Å². The van der Waals surface area contributed by atoms with E-state index in [2.05, 4.69) is 124 Å². The molecular weight excluding hydrogens is 611 g/mol. The van der Waals surface area contributed by atoms with Crippen molar-refractivity contribution in [3.63, 3.8) is 0 Å². The fourth-order valence-electron chi connectivity index (χ4n) is 7.42. The predicted molar refractivity (Wildman–Crippen MR) is 205 cm³/mol. The van der Waals surface area contributed by atoms with E-state index in [0.29, 0.717) is 17.5 Å². The minimum Gasteiger partial charge on any atom is -0.309 e. The van der Waals surface area contributed by atoms with Crippen molar-refractivity contribution in [2.24, 2.45) is 0 Å². The Morgan fingerprint density at radius 1 is 0.300 bits per heavy atom. The van der Waals surface area contributed by atoms with Crippen LogP contribution in [0.4, 0.5) is 0 Å². The van der Waals surface area contributed by atoms with E-state index in [0.717, 1.165) is 39.1 Å². The molecule has 5 heteroatoms. The molecule has 7 aromatic carbocycles. The molecule has 0 atom stereocenters. The number of hydrogen-bond acceptors (Lipinski definition) is 3. The number of rotatable bonds is 5. The fourth-order valence-corrected chi connectivity index (χ4v) is 7.42. The van der Waals surface area contributed by atoms with Crippen LogP contribution in [0, 0.1) is 0 Å². The third-order valence-electron chi connectivity index (χ3n) is 9.58. The molecule has 0 spiro atoms. The Morgan fingerprint density at radius 2 is 0.720 bits per heavy atom. The van der Waals surface area contributed by atoms with Crippen molar-refractivity contribution in [3.8, 4) is 45.5 Å². The zero-order valence-electron chi connectivity index (χ0n) is 27.0. The van der Waals surface area contributed by atoms with E-state index < -0.39 is 0 Å². The van der Waals surface area contributed by atoms with Gasteiger partial charge in [0, 0.05) is 38.2 Å². The molecule has 3 aromatic heterocycles. The third kappa shape index (κ3) is 4.37. The smallest absolute Gasteiger partial charge is 0.166 e. The summed E-state index contributed by atoms with van der Waals surface area (Å²) in [4.78, 5) is 15.2. The van der Waals surface area contributed by atoms with Gasteiger partial charge in [0.1, 0.15) is 0 Å². The first-order valence-corrected chi connectivity index (χ1v) is 16.8. The summed E-state index contributed by atoms with van der Waals surface area (Å²) in [5.74, 6) is 1.90. The van der Waals surface area contributed by atoms with Crippen LogP contribution >= 0.6 is 0 Å². The maximum Gasteiger partial charge on any atom is 0.166 e. The number of fused-ring (bicyclic) bond motifs is 6. The van der Waals surface area contributed by atoms with Crippen LogP contribution < -0.4 is 0 Å². The molecule has 50 heavy (non-hydrogen) atoms. The summed E-state index contributed by atoms with van der Waals surface area (Å²) in [7, 11) is 0. The normalized spacial score (nSPS) is 11.6. The van der Waals surface area contributed by atoms with Crippen LogP contribution in [0.5, 0.6) is 0 Å². The molecule has 0 saturated heterocycles. The van der Waals surface area contributed by atoms with Gasteiger partial charge in [-0.2, -0.15) is 0 Å². The van der Waals surface area contributed by atoms with Gasteiger partial charge in [0.05, 0.1) is 33.4 Å². The highest BCUT2D eigenvalue weighted by Crippen LogP contribution is 2.41. The first-order chi connectivity index (χ1) is 24.8. The predicted octanol–water partition coefficient (Wildman–Crippen LogP) is 11.1. The second-order valence-electron chi connectivity index (χ2n) is 12.4. The minimum absolute atomic E-state index is 0.623. The van der Waals surface area contributed by atoms with E-state index in [9.17, 15) is 0 Å². The molecule has 0 saturated carbocycles. The summed E-state index contributed by atoms with van der Waals surface area (Å²) < 4.78 is 4.78. The van der Waals surface area contributed by atoms with Gasteiger partial charge in [-0.15, -0.1) is 0 Å². The average Bonchev–Trinajstić information content (AvgIpc) is 3.72. The van der Waals surface area contributed by atoms with Gasteiger partial charge >= 0.3 is 0 Å². The zero-order chi connectivity index (χ0) is 33.0. The maximum atomic E-state index is 5.12. The average molecular weight is 640 g/mol. The molecule has 234 valence electrons. The van der Waals surface area contributed by atoms with E-state index in [-0.39, 0.29) is 0 Å². The highest BCUT2D eigenvalue weighted by molar-refractivity contribution is 6.16. The lowest BCUT2D eigenvalue weighted by Crippen LogP contribution is -2.03. The molecule has 0 aliphatic carbocycles. The first-order valence-electron chi connectivity index (χ1n) is 16.8.